The Hall–Kier alpha value is -0.480. The van der Waals surface area contributed by atoms with Crippen LogP contribution in [0.4, 0.5) is 0 Å². The molecule has 0 rings (SSSR count). The van der Waals surface area contributed by atoms with Gasteiger partial charge < -0.3 is 4.84 Å². The summed E-state index contributed by atoms with van der Waals surface area (Å²) in [7, 11) is 0. The second kappa shape index (κ2) is 5.52. The predicted molar refractivity (Wildman–Crippen MR) is 25.4 cm³/mol. The topological polar surface area (TPSA) is 64.7 Å². The van der Waals surface area contributed by atoms with Crippen LogP contribution in [-0.2, 0) is 4.84 Å². The molecule has 0 saturated heterocycles. The smallest absolute Gasteiger partial charge is 0.0833 e. The summed E-state index contributed by atoms with van der Waals surface area (Å²) in [5, 5.41) is 2.59. The van der Waals surface area contributed by atoms with E-state index in [1.54, 1.807) is 0 Å². The molecule has 0 spiro atoms. The highest BCUT2D eigenvalue weighted by Gasteiger charge is 1.81. The quantitative estimate of drug-likeness (QED) is 0.311. The van der Waals surface area contributed by atoms with Crippen LogP contribution >= 0.6 is 0 Å². The Balaban J connectivity index is 2.56. The molecule has 0 heterocycles. The van der Waals surface area contributed by atoms with Gasteiger partial charge in [0, 0.05) is 0 Å². The van der Waals surface area contributed by atoms with E-state index in [2.05, 4.69) is 15.9 Å². The van der Waals surface area contributed by atoms with Crippen molar-refractivity contribution in [3.05, 3.63) is 4.91 Å². The van der Waals surface area contributed by atoms with Crippen LogP contribution in [-0.4, -0.2) is 13.2 Å². The first-order valence-electron chi connectivity index (χ1n) is 2.02. The highest BCUT2D eigenvalue weighted by atomic mass is 16.6. The molecule has 0 aliphatic heterocycles. The number of rotatable bonds is 4. The van der Waals surface area contributed by atoms with Crippen molar-refractivity contribution < 1.29 is 4.84 Å². The third kappa shape index (κ3) is 5.52. The summed E-state index contributed by atoms with van der Waals surface area (Å²) in [6, 6.07) is 0. The average Bonchev–Trinajstić information content (AvgIpc) is 1.69. The van der Waals surface area contributed by atoms with E-state index >= 15 is 0 Å². The maximum atomic E-state index is 9.33. The number of nitrogens with zero attached hydrogens (tertiary/aromatic N) is 1. The lowest BCUT2D eigenvalue weighted by atomic mass is 10.5. The van der Waals surface area contributed by atoms with Crippen LogP contribution in [0.15, 0.2) is 5.18 Å². The number of nitroso groups, excluding NO2 is 1. The Morgan fingerprint density at radius 3 is 2.86 bits per heavy atom. The maximum absolute atomic E-state index is 9.33. The van der Waals surface area contributed by atoms with Crippen LogP contribution in [0, 0.1) is 4.91 Å². The fourth-order valence-corrected chi connectivity index (χ4v) is 0.212. The molecular formula is C3H8N2O2. The number of nitrogens with two attached hydrogens (primary N) is 1. The third-order valence-electron chi connectivity index (χ3n) is 0.512. The van der Waals surface area contributed by atoms with E-state index in [-0.39, 0.29) is 6.54 Å². The molecule has 0 radical (unpaired) electrons. The summed E-state index contributed by atoms with van der Waals surface area (Å²) in [6.45, 7) is 0.697. The fraction of sp³-hybridized carbons (Fsp3) is 1.00. The first-order valence-corrected chi connectivity index (χ1v) is 2.02. The van der Waals surface area contributed by atoms with Crippen LogP contribution in [0.3, 0.4) is 0 Å². The Labute approximate surface area is 41.6 Å². The summed E-state index contributed by atoms with van der Waals surface area (Å²) in [5.41, 5.74) is 0. The standard InChI is InChI=1S/C3H8N2O2/c4-7-3-1-2-5-6/h1-4H2. The van der Waals surface area contributed by atoms with Crippen molar-refractivity contribution in [2.24, 2.45) is 11.1 Å². The third-order valence-corrected chi connectivity index (χ3v) is 0.512. The molecule has 0 fully saturated rings. The normalized spacial score (nSPS) is 8.71. The molecule has 0 aromatic rings. The van der Waals surface area contributed by atoms with Crippen molar-refractivity contribution in [3.63, 3.8) is 0 Å². The van der Waals surface area contributed by atoms with Crippen LogP contribution in [0.2, 0.25) is 0 Å². The van der Waals surface area contributed by atoms with Crippen LogP contribution in [0.1, 0.15) is 6.42 Å². The second-order valence-corrected chi connectivity index (χ2v) is 1.08. The predicted octanol–water partition coefficient (Wildman–Crippen LogP) is 0.0332. The lowest BCUT2D eigenvalue weighted by molar-refractivity contribution is 0.137. The van der Waals surface area contributed by atoms with Crippen LogP contribution in [0.25, 0.3) is 0 Å². The highest BCUT2D eigenvalue weighted by molar-refractivity contribution is 4.37. The fourth-order valence-electron chi connectivity index (χ4n) is 0.212. The summed E-state index contributed by atoms with van der Waals surface area (Å²) in [4.78, 5) is 13.5. The van der Waals surface area contributed by atoms with Crippen molar-refractivity contribution in [1.82, 2.24) is 0 Å². The molecule has 0 bridgehead atoms. The first-order chi connectivity index (χ1) is 3.41. The molecule has 7 heavy (non-hydrogen) atoms. The molecule has 0 aliphatic carbocycles. The van der Waals surface area contributed by atoms with Gasteiger partial charge in [0.1, 0.15) is 0 Å². The Bertz CT molecular complexity index is 48.2. The van der Waals surface area contributed by atoms with Crippen molar-refractivity contribution in [3.8, 4) is 0 Å². The number of hydrogen-bond donors (Lipinski definition) is 1. The van der Waals surface area contributed by atoms with E-state index < -0.39 is 0 Å². The minimum Gasteiger partial charge on any atom is -0.305 e. The van der Waals surface area contributed by atoms with Gasteiger partial charge in [-0.25, -0.2) is 5.90 Å². The molecule has 0 aliphatic rings. The lowest BCUT2D eigenvalue weighted by Crippen LogP contribution is -2.01. The molecule has 42 valence electrons. The van der Waals surface area contributed by atoms with Crippen LogP contribution in [0.5, 0.6) is 0 Å². The van der Waals surface area contributed by atoms with E-state index in [9.17, 15) is 4.91 Å². The van der Waals surface area contributed by atoms with Gasteiger partial charge in [-0.1, -0.05) is 5.18 Å². The zero-order valence-corrected chi connectivity index (χ0v) is 3.96. The van der Waals surface area contributed by atoms with Gasteiger partial charge in [-0.3, -0.25) is 0 Å². The molecule has 4 heteroatoms. The van der Waals surface area contributed by atoms with E-state index in [0.717, 1.165) is 0 Å². The van der Waals surface area contributed by atoms with Crippen molar-refractivity contribution in [2.75, 3.05) is 13.2 Å². The molecular weight excluding hydrogens is 96.0 g/mol. The Morgan fingerprint density at radius 1 is 1.71 bits per heavy atom. The van der Waals surface area contributed by atoms with Gasteiger partial charge in [0.2, 0.25) is 0 Å². The van der Waals surface area contributed by atoms with E-state index in [1.807, 2.05) is 0 Å². The Morgan fingerprint density at radius 2 is 2.43 bits per heavy atom. The molecule has 0 atom stereocenters. The summed E-state index contributed by atoms with van der Waals surface area (Å²) in [5.74, 6) is 4.63. The van der Waals surface area contributed by atoms with Gasteiger partial charge >= 0.3 is 0 Å². The molecule has 0 aromatic heterocycles. The molecule has 0 amide bonds. The minimum atomic E-state index is 0.289. The van der Waals surface area contributed by atoms with Gasteiger partial charge in [0.15, 0.2) is 0 Å². The highest BCUT2D eigenvalue weighted by Crippen LogP contribution is 1.77. The summed E-state index contributed by atoms with van der Waals surface area (Å²) >= 11 is 0. The molecule has 0 saturated carbocycles. The van der Waals surface area contributed by atoms with Crippen molar-refractivity contribution >= 4 is 0 Å². The zero-order valence-electron chi connectivity index (χ0n) is 3.96. The van der Waals surface area contributed by atoms with Crippen molar-refractivity contribution in [2.45, 2.75) is 6.42 Å². The second-order valence-electron chi connectivity index (χ2n) is 1.08. The monoisotopic (exact) mass is 104 g/mol. The van der Waals surface area contributed by atoms with Crippen LogP contribution < -0.4 is 5.90 Å². The zero-order chi connectivity index (χ0) is 5.54. The van der Waals surface area contributed by atoms with Gasteiger partial charge in [0.25, 0.3) is 0 Å². The van der Waals surface area contributed by atoms with Gasteiger partial charge in [0.05, 0.1) is 13.2 Å². The van der Waals surface area contributed by atoms with E-state index in [1.165, 1.54) is 0 Å². The number of hydrogen-bond acceptors (Lipinski definition) is 4. The van der Waals surface area contributed by atoms with Gasteiger partial charge in [-0.05, 0) is 6.42 Å². The van der Waals surface area contributed by atoms with Crippen molar-refractivity contribution in [1.29, 1.82) is 0 Å². The SMILES string of the molecule is NOCCCN=O. The average molecular weight is 104 g/mol. The van der Waals surface area contributed by atoms with Gasteiger partial charge in [-0.15, -0.1) is 0 Å². The first kappa shape index (κ1) is 6.52. The lowest BCUT2D eigenvalue weighted by Gasteiger charge is -1.87. The molecule has 2 N–H and O–H groups in total. The summed E-state index contributed by atoms with van der Waals surface area (Å²) in [6.07, 6.45) is 0.611. The van der Waals surface area contributed by atoms with Gasteiger partial charge in [-0.2, -0.15) is 4.91 Å². The Kier molecular flexibility index (Phi) is 5.14. The summed E-state index contributed by atoms with van der Waals surface area (Å²) < 4.78 is 0. The molecule has 0 unspecified atom stereocenters. The molecule has 0 aromatic carbocycles. The largest absolute Gasteiger partial charge is 0.305 e. The van der Waals surface area contributed by atoms with E-state index in [4.69, 9.17) is 0 Å². The minimum absolute atomic E-state index is 0.289. The van der Waals surface area contributed by atoms with E-state index in [0.29, 0.717) is 13.0 Å². The maximum Gasteiger partial charge on any atom is 0.0833 e. The molecule has 4 nitrogen and oxygen atoms in total.